The van der Waals surface area contributed by atoms with Crippen molar-refractivity contribution in [2.24, 2.45) is 5.41 Å². The first kappa shape index (κ1) is 8.04. The van der Waals surface area contributed by atoms with Gasteiger partial charge >= 0.3 is 0 Å². The molecule has 1 saturated heterocycles. The molecule has 1 saturated carbocycles. The van der Waals surface area contributed by atoms with Gasteiger partial charge in [0, 0.05) is 0 Å². The van der Waals surface area contributed by atoms with Crippen LogP contribution in [0.5, 0.6) is 0 Å². The lowest BCUT2D eigenvalue weighted by atomic mass is 9.57. The molecule has 2 nitrogen and oxygen atoms in total. The minimum atomic E-state index is -0.0264. The van der Waals surface area contributed by atoms with Gasteiger partial charge in [-0.15, -0.1) is 0 Å². The van der Waals surface area contributed by atoms with Crippen LogP contribution in [0.25, 0.3) is 0 Å². The average molecular weight is 187 g/mol. The van der Waals surface area contributed by atoms with Gasteiger partial charge in [-0.2, -0.15) is 0 Å². The van der Waals surface area contributed by atoms with Crippen molar-refractivity contribution in [2.75, 3.05) is 0 Å². The largest absolute Gasteiger partial charge is 0.348 e. The molecule has 0 unspecified atom stereocenters. The summed E-state index contributed by atoms with van der Waals surface area (Å²) in [7, 11) is 0. The van der Waals surface area contributed by atoms with Crippen LogP contribution in [0, 0.1) is 5.41 Å². The third kappa shape index (κ3) is 0.834. The van der Waals surface area contributed by atoms with E-state index >= 15 is 0 Å². The lowest BCUT2D eigenvalue weighted by Gasteiger charge is -2.54. The van der Waals surface area contributed by atoms with Gasteiger partial charge in [-0.05, 0) is 18.4 Å². The van der Waals surface area contributed by atoms with Crippen LogP contribution in [-0.4, -0.2) is 5.91 Å². The Labute approximate surface area is 83.3 Å². The van der Waals surface area contributed by atoms with Crippen molar-refractivity contribution in [2.45, 2.75) is 25.3 Å². The van der Waals surface area contributed by atoms with E-state index in [0.717, 1.165) is 12.8 Å². The van der Waals surface area contributed by atoms with Gasteiger partial charge in [0.25, 0.3) is 0 Å². The summed E-state index contributed by atoms with van der Waals surface area (Å²) in [6.07, 6.45) is 3.34. The molecule has 2 aliphatic rings. The highest BCUT2D eigenvalue weighted by molar-refractivity contribution is 5.91. The van der Waals surface area contributed by atoms with Crippen molar-refractivity contribution in [3.05, 3.63) is 35.9 Å². The third-order valence-electron chi connectivity index (χ3n) is 3.66. The molecule has 2 heteroatoms. The predicted molar refractivity (Wildman–Crippen MR) is 53.6 cm³/mol. The van der Waals surface area contributed by atoms with Crippen LogP contribution in [0.1, 0.15) is 30.9 Å². The van der Waals surface area contributed by atoms with Crippen molar-refractivity contribution in [1.82, 2.24) is 5.32 Å². The highest BCUT2D eigenvalue weighted by Crippen LogP contribution is 2.55. The quantitative estimate of drug-likeness (QED) is 0.670. The molecule has 0 radical (unpaired) electrons. The van der Waals surface area contributed by atoms with Gasteiger partial charge in [0.2, 0.25) is 5.91 Å². The lowest BCUT2D eigenvalue weighted by Crippen LogP contribution is -2.64. The first-order valence-electron chi connectivity index (χ1n) is 5.19. The zero-order valence-corrected chi connectivity index (χ0v) is 7.99. The fraction of sp³-hybridized carbons (Fsp3) is 0.417. The van der Waals surface area contributed by atoms with Crippen LogP contribution in [0.15, 0.2) is 30.3 Å². The van der Waals surface area contributed by atoms with Gasteiger partial charge in [-0.1, -0.05) is 36.8 Å². The van der Waals surface area contributed by atoms with Crippen molar-refractivity contribution >= 4 is 5.91 Å². The minimum Gasteiger partial charge on any atom is -0.348 e. The highest BCUT2D eigenvalue weighted by atomic mass is 16.2. The fourth-order valence-corrected chi connectivity index (χ4v) is 2.59. The number of amides is 1. The summed E-state index contributed by atoms with van der Waals surface area (Å²) in [5, 5.41) is 3.01. The first-order chi connectivity index (χ1) is 6.83. The van der Waals surface area contributed by atoms with Crippen molar-refractivity contribution < 1.29 is 4.79 Å². The molecule has 1 amide bonds. The summed E-state index contributed by atoms with van der Waals surface area (Å²) in [5.41, 5.74) is 1.23. The SMILES string of the molecule is O=C1N[C@H](c2ccccc2)C12CCC2. The van der Waals surface area contributed by atoms with E-state index in [1.165, 1.54) is 12.0 Å². The molecule has 1 aromatic carbocycles. The minimum absolute atomic E-state index is 0.0264. The van der Waals surface area contributed by atoms with Crippen LogP contribution in [-0.2, 0) is 4.79 Å². The van der Waals surface area contributed by atoms with E-state index in [1.807, 2.05) is 18.2 Å². The Kier molecular flexibility index (Phi) is 1.49. The van der Waals surface area contributed by atoms with E-state index in [2.05, 4.69) is 17.4 Å². The first-order valence-corrected chi connectivity index (χ1v) is 5.19. The number of rotatable bonds is 1. The van der Waals surface area contributed by atoms with Gasteiger partial charge in [0.15, 0.2) is 0 Å². The molecule has 3 rings (SSSR count). The summed E-state index contributed by atoms with van der Waals surface area (Å²) < 4.78 is 0. The van der Waals surface area contributed by atoms with Crippen LogP contribution < -0.4 is 5.32 Å². The second kappa shape index (κ2) is 2.59. The zero-order chi connectivity index (χ0) is 9.60. The number of nitrogens with one attached hydrogen (secondary N) is 1. The van der Waals surface area contributed by atoms with Crippen molar-refractivity contribution in [3.8, 4) is 0 Å². The van der Waals surface area contributed by atoms with E-state index in [4.69, 9.17) is 0 Å². The molecule has 2 fully saturated rings. The molecule has 72 valence electrons. The normalized spacial score (nSPS) is 27.7. The monoisotopic (exact) mass is 187 g/mol. The topological polar surface area (TPSA) is 29.1 Å². The zero-order valence-electron chi connectivity index (χ0n) is 7.99. The summed E-state index contributed by atoms with van der Waals surface area (Å²) in [6, 6.07) is 10.6. The second-order valence-corrected chi connectivity index (χ2v) is 4.33. The molecule has 0 aromatic heterocycles. The molecule has 1 heterocycles. The lowest BCUT2D eigenvalue weighted by molar-refractivity contribution is -0.155. The standard InChI is InChI=1S/C12H13NO/c14-11-12(7-4-8-12)10(13-11)9-5-2-1-3-6-9/h1-3,5-6,10H,4,7-8H2,(H,13,14)/t10-/m1/s1. The summed E-state index contributed by atoms with van der Waals surface area (Å²) in [4.78, 5) is 11.5. The highest BCUT2D eigenvalue weighted by Gasteiger charge is 2.58. The fourth-order valence-electron chi connectivity index (χ4n) is 2.59. The number of carbonyl (C=O) groups is 1. The van der Waals surface area contributed by atoms with Crippen LogP contribution in [0.4, 0.5) is 0 Å². The Bertz CT molecular complexity index is 367. The molecule has 0 bridgehead atoms. The molecule has 1 aromatic rings. The molecular formula is C12H13NO. The molecular weight excluding hydrogens is 174 g/mol. The average Bonchev–Trinajstić information content (AvgIpc) is 2.13. The van der Waals surface area contributed by atoms with Crippen LogP contribution in [0.3, 0.4) is 0 Å². The molecule has 1 spiro atoms. The Morgan fingerprint density at radius 3 is 2.43 bits per heavy atom. The smallest absolute Gasteiger partial charge is 0.229 e. The maximum atomic E-state index is 11.5. The van der Waals surface area contributed by atoms with Gasteiger partial charge in [-0.3, -0.25) is 4.79 Å². The molecule has 14 heavy (non-hydrogen) atoms. The maximum absolute atomic E-state index is 11.5. The maximum Gasteiger partial charge on any atom is 0.229 e. The van der Waals surface area contributed by atoms with Gasteiger partial charge in [0.1, 0.15) is 0 Å². The number of carbonyl (C=O) groups excluding carboxylic acids is 1. The predicted octanol–water partition coefficient (Wildman–Crippen LogP) is 2.03. The van der Waals surface area contributed by atoms with E-state index in [9.17, 15) is 4.79 Å². The number of benzene rings is 1. The number of hydrogen-bond acceptors (Lipinski definition) is 1. The van der Waals surface area contributed by atoms with Gasteiger partial charge < -0.3 is 5.32 Å². The second-order valence-electron chi connectivity index (χ2n) is 4.33. The summed E-state index contributed by atoms with van der Waals surface area (Å²) in [5.74, 6) is 0.262. The molecule has 1 N–H and O–H groups in total. The van der Waals surface area contributed by atoms with Crippen LogP contribution in [0.2, 0.25) is 0 Å². The number of β-lactam (4-membered cyclic amide) rings is 1. The Morgan fingerprint density at radius 2 is 1.93 bits per heavy atom. The third-order valence-corrected chi connectivity index (χ3v) is 3.66. The molecule has 1 atom stereocenters. The Morgan fingerprint density at radius 1 is 1.21 bits per heavy atom. The van der Waals surface area contributed by atoms with Crippen LogP contribution >= 0.6 is 0 Å². The van der Waals surface area contributed by atoms with E-state index < -0.39 is 0 Å². The molecule has 1 aliphatic heterocycles. The summed E-state index contributed by atoms with van der Waals surface area (Å²) in [6.45, 7) is 0. The summed E-state index contributed by atoms with van der Waals surface area (Å²) >= 11 is 0. The molecule has 1 aliphatic carbocycles. The van der Waals surface area contributed by atoms with E-state index in [-0.39, 0.29) is 17.4 Å². The van der Waals surface area contributed by atoms with E-state index in [0.29, 0.717) is 0 Å². The Balaban J connectivity index is 1.91. The van der Waals surface area contributed by atoms with E-state index in [1.54, 1.807) is 0 Å². The Hall–Kier alpha value is -1.31. The van der Waals surface area contributed by atoms with Gasteiger partial charge in [0.05, 0.1) is 11.5 Å². The van der Waals surface area contributed by atoms with Gasteiger partial charge in [-0.25, -0.2) is 0 Å². The number of hydrogen-bond donors (Lipinski definition) is 1. The van der Waals surface area contributed by atoms with Crippen molar-refractivity contribution in [1.29, 1.82) is 0 Å². The van der Waals surface area contributed by atoms with Crippen molar-refractivity contribution in [3.63, 3.8) is 0 Å².